The van der Waals surface area contributed by atoms with E-state index in [9.17, 15) is 4.79 Å². The van der Waals surface area contributed by atoms with E-state index >= 15 is 0 Å². The van der Waals surface area contributed by atoms with Crippen molar-refractivity contribution in [1.82, 2.24) is 4.90 Å². The van der Waals surface area contributed by atoms with Gasteiger partial charge in [0.1, 0.15) is 0 Å². The van der Waals surface area contributed by atoms with Crippen LogP contribution in [0.4, 0.5) is 0 Å². The molecule has 0 aromatic carbocycles. The van der Waals surface area contributed by atoms with Crippen molar-refractivity contribution in [2.75, 3.05) is 13.1 Å². The lowest BCUT2D eigenvalue weighted by Crippen LogP contribution is -2.34. The van der Waals surface area contributed by atoms with E-state index in [1.807, 2.05) is 4.90 Å². The molecule has 0 atom stereocenters. The first-order valence-electron chi connectivity index (χ1n) is 4.79. The fourth-order valence-electron chi connectivity index (χ4n) is 1.41. The van der Waals surface area contributed by atoms with Gasteiger partial charge in [0.15, 0.2) is 0 Å². The van der Waals surface area contributed by atoms with Gasteiger partial charge in [-0.2, -0.15) is 0 Å². The van der Waals surface area contributed by atoms with Crippen molar-refractivity contribution in [3.05, 3.63) is 0 Å². The fraction of sp³-hybridized carbons (Fsp3) is 0.889. The standard InChI is InChI=1S/C9H18N2O/c1-2-7-11(8-3-4-8)9(12)5-6-10/h8H,2-7,10H2,1H3. The van der Waals surface area contributed by atoms with Crippen LogP contribution >= 0.6 is 0 Å². The molecule has 0 bridgehead atoms. The second-order valence-corrected chi connectivity index (χ2v) is 3.36. The highest BCUT2D eigenvalue weighted by Gasteiger charge is 2.31. The molecular formula is C9H18N2O. The summed E-state index contributed by atoms with van der Waals surface area (Å²) in [5.74, 6) is 0.238. The van der Waals surface area contributed by atoms with Crippen molar-refractivity contribution in [2.24, 2.45) is 5.73 Å². The van der Waals surface area contributed by atoms with E-state index in [4.69, 9.17) is 5.73 Å². The van der Waals surface area contributed by atoms with E-state index in [1.165, 1.54) is 12.8 Å². The normalized spacial score (nSPS) is 16.2. The van der Waals surface area contributed by atoms with E-state index < -0.39 is 0 Å². The molecule has 0 aliphatic heterocycles. The van der Waals surface area contributed by atoms with Gasteiger partial charge in [-0.05, 0) is 19.3 Å². The van der Waals surface area contributed by atoms with Crippen LogP contribution in [0, 0.1) is 0 Å². The Bertz CT molecular complexity index is 155. The van der Waals surface area contributed by atoms with Crippen LogP contribution < -0.4 is 5.73 Å². The summed E-state index contributed by atoms with van der Waals surface area (Å²) in [7, 11) is 0. The maximum absolute atomic E-state index is 11.5. The molecule has 1 amide bonds. The maximum Gasteiger partial charge on any atom is 0.224 e. The summed E-state index contributed by atoms with van der Waals surface area (Å²) in [5.41, 5.74) is 5.34. The van der Waals surface area contributed by atoms with Crippen molar-refractivity contribution in [2.45, 2.75) is 38.6 Å². The molecule has 0 heterocycles. The lowest BCUT2D eigenvalue weighted by molar-refractivity contribution is -0.131. The van der Waals surface area contributed by atoms with Gasteiger partial charge in [0, 0.05) is 25.6 Å². The van der Waals surface area contributed by atoms with E-state index in [1.54, 1.807) is 0 Å². The van der Waals surface area contributed by atoms with Crippen LogP contribution in [-0.4, -0.2) is 29.9 Å². The Morgan fingerprint density at radius 1 is 1.58 bits per heavy atom. The Labute approximate surface area is 73.9 Å². The maximum atomic E-state index is 11.5. The molecule has 0 spiro atoms. The van der Waals surface area contributed by atoms with Gasteiger partial charge in [-0.3, -0.25) is 4.79 Å². The predicted octanol–water partition coefficient (Wildman–Crippen LogP) is 0.736. The molecule has 1 fully saturated rings. The average molecular weight is 170 g/mol. The van der Waals surface area contributed by atoms with Gasteiger partial charge in [-0.25, -0.2) is 0 Å². The van der Waals surface area contributed by atoms with Gasteiger partial charge in [0.05, 0.1) is 0 Å². The molecule has 0 saturated heterocycles. The van der Waals surface area contributed by atoms with Crippen LogP contribution in [0.1, 0.15) is 32.6 Å². The minimum absolute atomic E-state index is 0.238. The van der Waals surface area contributed by atoms with Crippen LogP contribution in [0.15, 0.2) is 0 Å². The summed E-state index contributed by atoms with van der Waals surface area (Å²) < 4.78 is 0. The van der Waals surface area contributed by atoms with Crippen molar-refractivity contribution >= 4 is 5.91 Å². The molecule has 1 aliphatic rings. The quantitative estimate of drug-likeness (QED) is 0.661. The molecule has 2 N–H and O–H groups in total. The highest BCUT2D eigenvalue weighted by Crippen LogP contribution is 2.27. The summed E-state index contributed by atoms with van der Waals surface area (Å²) in [4.78, 5) is 13.5. The molecular weight excluding hydrogens is 152 g/mol. The minimum atomic E-state index is 0.238. The van der Waals surface area contributed by atoms with E-state index in [2.05, 4.69) is 6.92 Å². The van der Waals surface area contributed by atoms with Crippen molar-refractivity contribution < 1.29 is 4.79 Å². The van der Waals surface area contributed by atoms with E-state index in [0.29, 0.717) is 19.0 Å². The van der Waals surface area contributed by atoms with E-state index in [-0.39, 0.29) is 5.91 Å². The number of nitrogens with zero attached hydrogens (tertiary/aromatic N) is 1. The van der Waals surface area contributed by atoms with Crippen LogP contribution in [0.3, 0.4) is 0 Å². The monoisotopic (exact) mass is 170 g/mol. The zero-order valence-electron chi connectivity index (χ0n) is 7.75. The van der Waals surface area contributed by atoms with Gasteiger partial charge in [0.25, 0.3) is 0 Å². The van der Waals surface area contributed by atoms with Gasteiger partial charge in [0.2, 0.25) is 5.91 Å². The van der Waals surface area contributed by atoms with Crippen molar-refractivity contribution in [3.8, 4) is 0 Å². The summed E-state index contributed by atoms with van der Waals surface area (Å²) >= 11 is 0. The molecule has 1 rings (SSSR count). The molecule has 1 aliphatic carbocycles. The number of hydrogen-bond donors (Lipinski definition) is 1. The van der Waals surface area contributed by atoms with Crippen LogP contribution in [0.25, 0.3) is 0 Å². The van der Waals surface area contributed by atoms with E-state index in [0.717, 1.165) is 13.0 Å². The molecule has 3 heteroatoms. The Kier molecular flexibility index (Phi) is 3.53. The van der Waals surface area contributed by atoms with Crippen LogP contribution in [0.2, 0.25) is 0 Å². The third kappa shape index (κ3) is 2.48. The average Bonchev–Trinajstić information content (AvgIpc) is 2.83. The van der Waals surface area contributed by atoms with Crippen molar-refractivity contribution in [1.29, 1.82) is 0 Å². The van der Waals surface area contributed by atoms with Crippen molar-refractivity contribution in [3.63, 3.8) is 0 Å². The Morgan fingerprint density at radius 2 is 2.25 bits per heavy atom. The Balaban J connectivity index is 2.34. The summed E-state index contributed by atoms with van der Waals surface area (Å²) in [6, 6.07) is 0.545. The number of carbonyl (C=O) groups excluding carboxylic acids is 1. The smallest absolute Gasteiger partial charge is 0.224 e. The molecule has 12 heavy (non-hydrogen) atoms. The lowest BCUT2D eigenvalue weighted by atomic mass is 10.3. The largest absolute Gasteiger partial charge is 0.340 e. The molecule has 70 valence electrons. The topological polar surface area (TPSA) is 46.3 Å². The summed E-state index contributed by atoms with van der Waals surface area (Å²) in [6.45, 7) is 3.49. The zero-order valence-corrected chi connectivity index (χ0v) is 7.75. The van der Waals surface area contributed by atoms with Gasteiger partial charge < -0.3 is 10.6 Å². The molecule has 0 radical (unpaired) electrons. The third-order valence-corrected chi connectivity index (χ3v) is 2.13. The summed E-state index contributed by atoms with van der Waals surface area (Å²) in [6.07, 6.45) is 3.94. The number of nitrogens with two attached hydrogens (primary N) is 1. The zero-order chi connectivity index (χ0) is 8.97. The van der Waals surface area contributed by atoms with Gasteiger partial charge in [-0.15, -0.1) is 0 Å². The third-order valence-electron chi connectivity index (χ3n) is 2.13. The Hall–Kier alpha value is -0.570. The molecule has 3 nitrogen and oxygen atoms in total. The number of hydrogen-bond acceptors (Lipinski definition) is 2. The predicted molar refractivity (Wildman–Crippen MR) is 48.7 cm³/mol. The highest BCUT2D eigenvalue weighted by molar-refractivity contribution is 5.77. The summed E-state index contributed by atoms with van der Waals surface area (Å²) in [5, 5.41) is 0. The highest BCUT2D eigenvalue weighted by atomic mass is 16.2. The Morgan fingerprint density at radius 3 is 2.67 bits per heavy atom. The number of amides is 1. The second kappa shape index (κ2) is 4.45. The first-order valence-corrected chi connectivity index (χ1v) is 4.79. The minimum Gasteiger partial charge on any atom is -0.340 e. The first kappa shape index (κ1) is 9.52. The van der Waals surface area contributed by atoms with Gasteiger partial charge in [-0.1, -0.05) is 6.92 Å². The first-order chi connectivity index (χ1) is 5.79. The molecule has 0 unspecified atom stereocenters. The molecule has 0 aromatic rings. The molecule has 1 saturated carbocycles. The van der Waals surface area contributed by atoms with Crippen LogP contribution in [0.5, 0.6) is 0 Å². The number of carbonyl (C=O) groups is 1. The fourth-order valence-corrected chi connectivity index (χ4v) is 1.41. The van der Waals surface area contributed by atoms with Gasteiger partial charge >= 0.3 is 0 Å². The second-order valence-electron chi connectivity index (χ2n) is 3.36. The lowest BCUT2D eigenvalue weighted by Gasteiger charge is -2.21. The van der Waals surface area contributed by atoms with Crippen LogP contribution in [-0.2, 0) is 4.79 Å². The number of rotatable bonds is 5. The SMILES string of the molecule is CCCN(C(=O)CCN)C1CC1. The molecule has 0 aromatic heterocycles.